The van der Waals surface area contributed by atoms with Crippen molar-refractivity contribution in [2.75, 3.05) is 110 Å². The Bertz CT molecular complexity index is 1820. The van der Waals surface area contributed by atoms with Crippen molar-refractivity contribution in [3.63, 3.8) is 0 Å². The Labute approximate surface area is 334 Å². The molecule has 0 saturated heterocycles. The lowest BCUT2D eigenvalue weighted by Gasteiger charge is -2.22. The molecule has 0 bridgehead atoms. The molecule has 3 aromatic rings. The minimum atomic E-state index is -4.07. The van der Waals surface area contributed by atoms with Crippen molar-refractivity contribution in [2.45, 2.75) is 37.6 Å². The Morgan fingerprint density at radius 1 is 0.807 bits per heavy atom. The van der Waals surface area contributed by atoms with Crippen molar-refractivity contribution in [1.82, 2.24) is 9.88 Å². The third-order valence-corrected chi connectivity index (χ3v) is 10.7. The van der Waals surface area contributed by atoms with Gasteiger partial charge in [-0.3, -0.25) is 9.59 Å². The first kappa shape index (κ1) is 45.6. The predicted octanol–water partition coefficient (Wildman–Crippen LogP) is 3.38. The van der Waals surface area contributed by atoms with E-state index in [9.17, 15) is 18.0 Å². The van der Waals surface area contributed by atoms with Gasteiger partial charge in [0, 0.05) is 48.8 Å². The number of ether oxygens (including phenoxy) is 7. The molecule has 1 amide bonds. The number of sulfone groups is 1. The number of hydrogen-bond acceptors (Lipinski definition) is 14. The minimum Gasteiger partial charge on any atom is -0.491 e. The van der Waals surface area contributed by atoms with Crippen LogP contribution in [-0.4, -0.2) is 135 Å². The lowest BCUT2D eigenvalue weighted by atomic mass is 10.0. The molecule has 0 radical (unpaired) electrons. The standard InChI is InChI=1S/C40H55FN4O11S/c1-30-35(40(47)45-12-15-56-36-7-4-31(27-33(36)29-45)32-5-9-38(43)44-28-32)6-8-37(39(30)41)57(48,49)26-2-3-34(46)10-13-50-16-18-52-20-22-54-24-25-55-23-21-53-19-17-51-14-11-42/h4-9,27-28H,2-3,10-26,29,42H2,1H3,(H2,43,44). The zero-order valence-electron chi connectivity index (χ0n) is 32.6. The van der Waals surface area contributed by atoms with E-state index in [2.05, 4.69) is 4.98 Å². The number of nitrogen functional groups attached to an aromatic ring is 1. The number of ketones is 1. The molecule has 15 nitrogen and oxygen atoms in total. The summed E-state index contributed by atoms with van der Waals surface area (Å²) in [5.41, 5.74) is 13.5. The van der Waals surface area contributed by atoms with Gasteiger partial charge in [0.1, 0.15) is 34.7 Å². The van der Waals surface area contributed by atoms with Crippen molar-refractivity contribution in [2.24, 2.45) is 5.73 Å². The first-order valence-electron chi connectivity index (χ1n) is 19.1. The van der Waals surface area contributed by atoms with Crippen LogP contribution in [0.1, 0.15) is 40.7 Å². The highest BCUT2D eigenvalue weighted by Crippen LogP contribution is 2.31. The molecule has 4 N–H and O–H groups in total. The van der Waals surface area contributed by atoms with Crippen LogP contribution < -0.4 is 16.2 Å². The molecule has 2 heterocycles. The average molecular weight is 819 g/mol. The number of carbonyl (C=O) groups excluding carboxylic acids is 2. The summed E-state index contributed by atoms with van der Waals surface area (Å²) in [6.45, 7) is 7.51. The molecule has 2 aromatic carbocycles. The number of nitrogens with zero attached hydrogens (tertiary/aromatic N) is 2. The number of aromatic nitrogens is 1. The first-order valence-corrected chi connectivity index (χ1v) is 20.7. The van der Waals surface area contributed by atoms with E-state index < -0.39 is 32.2 Å². The quantitative estimate of drug-likeness (QED) is 0.106. The average Bonchev–Trinajstić information content (AvgIpc) is 3.42. The fraction of sp³-hybridized carbons (Fsp3) is 0.525. The van der Waals surface area contributed by atoms with E-state index in [1.54, 1.807) is 17.2 Å². The topological polar surface area (TPSA) is 201 Å². The van der Waals surface area contributed by atoms with Crippen LogP contribution in [0.5, 0.6) is 5.75 Å². The number of pyridine rings is 1. The highest BCUT2D eigenvalue weighted by molar-refractivity contribution is 7.91. The molecule has 0 atom stereocenters. The molecule has 17 heteroatoms. The van der Waals surface area contributed by atoms with Crippen LogP contribution in [0.4, 0.5) is 10.2 Å². The van der Waals surface area contributed by atoms with Crippen molar-refractivity contribution in [1.29, 1.82) is 0 Å². The van der Waals surface area contributed by atoms with Gasteiger partial charge in [0.05, 0.1) is 91.6 Å². The fourth-order valence-electron chi connectivity index (χ4n) is 5.79. The molecule has 1 aromatic heterocycles. The number of benzene rings is 2. The number of nitrogens with two attached hydrogens (primary N) is 2. The summed E-state index contributed by atoms with van der Waals surface area (Å²) in [7, 11) is -4.07. The van der Waals surface area contributed by atoms with Gasteiger partial charge in [-0.15, -0.1) is 0 Å². The van der Waals surface area contributed by atoms with Crippen LogP contribution in [0.2, 0.25) is 0 Å². The maximum atomic E-state index is 15.6. The molecule has 1 aliphatic heterocycles. The van der Waals surface area contributed by atoms with E-state index in [1.165, 1.54) is 13.0 Å². The Morgan fingerprint density at radius 3 is 2.00 bits per heavy atom. The van der Waals surface area contributed by atoms with Gasteiger partial charge in [0.15, 0.2) is 9.84 Å². The zero-order valence-corrected chi connectivity index (χ0v) is 33.4. The van der Waals surface area contributed by atoms with Gasteiger partial charge < -0.3 is 49.5 Å². The third-order valence-electron chi connectivity index (χ3n) is 8.88. The van der Waals surface area contributed by atoms with Crippen LogP contribution in [0.3, 0.4) is 0 Å². The van der Waals surface area contributed by atoms with Gasteiger partial charge in [0.2, 0.25) is 0 Å². The Morgan fingerprint density at radius 2 is 1.40 bits per heavy atom. The summed E-state index contributed by atoms with van der Waals surface area (Å²) in [6, 6.07) is 11.7. The van der Waals surface area contributed by atoms with Crippen LogP contribution in [0.25, 0.3) is 11.1 Å². The number of halogens is 1. The number of carbonyl (C=O) groups is 2. The molecule has 314 valence electrons. The second-order valence-electron chi connectivity index (χ2n) is 13.1. The molecule has 1 aliphatic rings. The first-order chi connectivity index (χ1) is 27.6. The summed E-state index contributed by atoms with van der Waals surface area (Å²) < 4.78 is 80.1. The van der Waals surface area contributed by atoms with Gasteiger partial charge in [-0.05, 0) is 60.9 Å². The second kappa shape index (κ2) is 24.6. The monoisotopic (exact) mass is 818 g/mol. The molecule has 0 fully saturated rings. The van der Waals surface area contributed by atoms with Crippen molar-refractivity contribution >= 4 is 27.3 Å². The molecule has 0 unspecified atom stereocenters. The minimum absolute atomic E-state index is 0.00357. The van der Waals surface area contributed by atoms with Gasteiger partial charge >= 0.3 is 0 Å². The van der Waals surface area contributed by atoms with E-state index in [0.29, 0.717) is 90.8 Å². The molecule has 4 rings (SSSR count). The molecule has 0 spiro atoms. The van der Waals surface area contributed by atoms with Crippen LogP contribution in [0.15, 0.2) is 53.6 Å². The summed E-state index contributed by atoms with van der Waals surface area (Å²) in [6.07, 6.45) is 1.81. The smallest absolute Gasteiger partial charge is 0.254 e. The summed E-state index contributed by atoms with van der Waals surface area (Å²) in [5.74, 6) is -0.976. The van der Waals surface area contributed by atoms with Gasteiger partial charge in [-0.1, -0.05) is 6.07 Å². The number of fused-ring (bicyclic) bond motifs is 1. The predicted molar refractivity (Wildman–Crippen MR) is 210 cm³/mol. The summed E-state index contributed by atoms with van der Waals surface area (Å²) >= 11 is 0. The van der Waals surface area contributed by atoms with Crippen molar-refractivity contribution in [3.05, 3.63) is 71.2 Å². The third kappa shape index (κ3) is 15.3. The van der Waals surface area contributed by atoms with E-state index in [0.717, 1.165) is 22.8 Å². The van der Waals surface area contributed by atoms with E-state index >= 15 is 4.39 Å². The van der Waals surface area contributed by atoms with Crippen LogP contribution >= 0.6 is 0 Å². The van der Waals surface area contributed by atoms with Crippen LogP contribution in [-0.2, 0) is 49.6 Å². The number of rotatable bonds is 27. The Balaban J connectivity index is 1.10. The molecule has 57 heavy (non-hydrogen) atoms. The zero-order chi connectivity index (χ0) is 40.9. The number of hydrogen-bond donors (Lipinski definition) is 2. The van der Waals surface area contributed by atoms with E-state index in [1.807, 2.05) is 24.3 Å². The SMILES string of the molecule is Cc1c(C(=O)N2CCOc3ccc(-c4ccc(N)nc4)cc3C2)ccc(S(=O)(=O)CCCC(=O)CCOCCOCCOCCOCCOCCOCCN)c1F. The van der Waals surface area contributed by atoms with Crippen molar-refractivity contribution < 1.29 is 55.6 Å². The Hall–Kier alpha value is -4.07. The van der Waals surface area contributed by atoms with Gasteiger partial charge in [0.25, 0.3) is 5.91 Å². The van der Waals surface area contributed by atoms with E-state index in [-0.39, 0.29) is 62.5 Å². The summed E-state index contributed by atoms with van der Waals surface area (Å²) in [5, 5.41) is 0. The van der Waals surface area contributed by atoms with Crippen LogP contribution in [0, 0.1) is 12.7 Å². The maximum absolute atomic E-state index is 15.6. The van der Waals surface area contributed by atoms with Gasteiger partial charge in [-0.2, -0.15) is 0 Å². The molecular weight excluding hydrogens is 764 g/mol. The molecule has 0 aliphatic carbocycles. The highest BCUT2D eigenvalue weighted by Gasteiger charge is 2.27. The molecule has 0 saturated carbocycles. The fourth-order valence-corrected chi connectivity index (χ4v) is 7.24. The largest absolute Gasteiger partial charge is 0.491 e. The van der Waals surface area contributed by atoms with E-state index in [4.69, 9.17) is 44.6 Å². The number of amides is 1. The normalized spacial score (nSPS) is 12.9. The Kier molecular flexibility index (Phi) is 19.7. The summed E-state index contributed by atoms with van der Waals surface area (Å²) in [4.78, 5) is 31.2. The second-order valence-corrected chi connectivity index (χ2v) is 15.2. The van der Waals surface area contributed by atoms with Gasteiger partial charge in [-0.25, -0.2) is 17.8 Å². The van der Waals surface area contributed by atoms with Crippen molar-refractivity contribution in [3.8, 4) is 16.9 Å². The highest BCUT2D eigenvalue weighted by atomic mass is 32.2. The maximum Gasteiger partial charge on any atom is 0.254 e. The lowest BCUT2D eigenvalue weighted by Crippen LogP contribution is -2.33. The number of Topliss-reactive ketones (excluding diaryl/α,β-unsaturated/α-hetero) is 1. The number of anilines is 1. The lowest BCUT2D eigenvalue weighted by molar-refractivity contribution is -0.120. The molecular formula is C40H55FN4O11S.